The van der Waals surface area contributed by atoms with E-state index in [-0.39, 0.29) is 5.24 Å². The zero-order valence-electron chi connectivity index (χ0n) is 5.64. The van der Waals surface area contributed by atoms with E-state index in [0.29, 0.717) is 0 Å². The number of carbonyl (C=O) groups is 1. The molecule has 0 aromatic carbocycles. The van der Waals surface area contributed by atoms with E-state index in [0.717, 1.165) is 19.4 Å². The number of hydrogen-bond donors (Lipinski definition) is 1. The Bertz CT molecular complexity index is 85.1. The first kappa shape index (κ1) is 8.69. The summed E-state index contributed by atoms with van der Waals surface area (Å²) in [6, 6.07) is 0. The molecule has 2 nitrogen and oxygen atoms in total. The first-order valence-electron chi connectivity index (χ1n) is 3.22. The lowest BCUT2D eigenvalue weighted by molar-refractivity contribution is 0.261. The van der Waals surface area contributed by atoms with Gasteiger partial charge in [0, 0.05) is 6.54 Å². The highest BCUT2D eigenvalue weighted by Crippen LogP contribution is 1.91. The molecule has 0 aromatic rings. The summed E-state index contributed by atoms with van der Waals surface area (Å²) in [5.41, 5.74) is 0. The molecule has 1 N–H and O–H groups in total. The number of rotatable bonds is 4. The molecule has 1 amide bonds. The largest absolute Gasteiger partial charge is 0.343 e. The monoisotopic (exact) mass is 146 g/mol. The SMILES string of the molecule is CCCCCNC(=O)[S]. The first-order chi connectivity index (χ1) is 4.27. The minimum atomic E-state index is -0.342. The third-order valence-corrected chi connectivity index (χ3v) is 1.19. The van der Waals surface area contributed by atoms with Crippen LogP contribution < -0.4 is 5.32 Å². The molecule has 0 heterocycles. The predicted molar refractivity (Wildman–Crippen MR) is 40.5 cm³/mol. The average Bonchev–Trinajstić information content (AvgIpc) is 1.80. The minimum Gasteiger partial charge on any atom is -0.343 e. The number of hydrogen-bond acceptors (Lipinski definition) is 1. The van der Waals surface area contributed by atoms with Crippen molar-refractivity contribution in [2.45, 2.75) is 26.2 Å². The molecule has 0 unspecified atom stereocenters. The Morgan fingerprint density at radius 2 is 2.22 bits per heavy atom. The second-order valence-electron chi connectivity index (χ2n) is 1.92. The standard InChI is InChI=1S/C6H12NOS/c1-2-3-4-5-7-6(8)9/h2-5H2,1H3,(H,7,8). The Kier molecular flexibility index (Phi) is 5.62. The van der Waals surface area contributed by atoms with Crippen molar-refractivity contribution < 1.29 is 4.79 Å². The Labute approximate surface area is 61.4 Å². The second-order valence-corrected chi connectivity index (χ2v) is 2.29. The first-order valence-corrected chi connectivity index (χ1v) is 3.63. The highest BCUT2D eigenvalue weighted by molar-refractivity contribution is 7.96. The fraction of sp³-hybridized carbons (Fsp3) is 0.833. The zero-order valence-corrected chi connectivity index (χ0v) is 6.46. The van der Waals surface area contributed by atoms with E-state index >= 15 is 0 Å². The molecular weight excluding hydrogens is 134 g/mol. The summed E-state index contributed by atoms with van der Waals surface area (Å²) in [4.78, 5) is 10.1. The third kappa shape index (κ3) is 7.69. The van der Waals surface area contributed by atoms with Gasteiger partial charge in [-0.05, 0) is 19.0 Å². The van der Waals surface area contributed by atoms with E-state index in [1.165, 1.54) is 6.42 Å². The summed E-state index contributed by atoms with van der Waals surface area (Å²) in [6.07, 6.45) is 3.38. The van der Waals surface area contributed by atoms with Crippen molar-refractivity contribution in [3.8, 4) is 0 Å². The molecule has 0 aromatic heterocycles. The van der Waals surface area contributed by atoms with Gasteiger partial charge in [0.05, 0.1) is 0 Å². The van der Waals surface area contributed by atoms with Crippen LogP contribution >= 0.6 is 12.6 Å². The van der Waals surface area contributed by atoms with Crippen LogP contribution in [0.5, 0.6) is 0 Å². The van der Waals surface area contributed by atoms with E-state index in [1.54, 1.807) is 0 Å². The molecular formula is C6H12NOS. The molecule has 9 heavy (non-hydrogen) atoms. The molecule has 0 fully saturated rings. The molecule has 53 valence electrons. The van der Waals surface area contributed by atoms with Gasteiger partial charge in [-0.3, -0.25) is 4.79 Å². The van der Waals surface area contributed by atoms with Gasteiger partial charge in [0.15, 0.2) is 0 Å². The van der Waals surface area contributed by atoms with Crippen LogP contribution in [0.1, 0.15) is 26.2 Å². The molecule has 0 saturated carbocycles. The predicted octanol–water partition coefficient (Wildman–Crippen LogP) is 2.08. The fourth-order valence-corrected chi connectivity index (χ4v) is 0.668. The van der Waals surface area contributed by atoms with Crippen molar-refractivity contribution in [1.82, 2.24) is 5.32 Å². The molecule has 0 rings (SSSR count). The normalized spacial score (nSPS) is 9.00. The second kappa shape index (κ2) is 5.82. The lowest BCUT2D eigenvalue weighted by Crippen LogP contribution is -2.17. The van der Waals surface area contributed by atoms with Gasteiger partial charge in [0.25, 0.3) is 0 Å². The number of nitrogens with one attached hydrogen (secondary N) is 1. The van der Waals surface area contributed by atoms with Crippen molar-refractivity contribution in [1.29, 1.82) is 0 Å². The summed E-state index contributed by atoms with van der Waals surface area (Å²) >= 11 is 4.28. The quantitative estimate of drug-likeness (QED) is 0.604. The topological polar surface area (TPSA) is 29.1 Å². The molecule has 0 bridgehead atoms. The Morgan fingerprint density at radius 1 is 1.56 bits per heavy atom. The van der Waals surface area contributed by atoms with Crippen LogP contribution in [0.3, 0.4) is 0 Å². The Morgan fingerprint density at radius 3 is 2.67 bits per heavy atom. The molecule has 0 saturated heterocycles. The van der Waals surface area contributed by atoms with Crippen molar-refractivity contribution in [3.05, 3.63) is 0 Å². The number of amides is 1. The zero-order chi connectivity index (χ0) is 7.11. The number of carbonyl (C=O) groups excluding carboxylic acids is 1. The summed E-state index contributed by atoms with van der Waals surface area (Å²) in [7, 11) is 0. The van der Waals surface area contributed by atoms with E-state index in [1.807, 2.05) is 0 Å². The van der Waals surface area contributed by atoms with Gasteiger partial charge < -0.3 is 5.32 Å². The fourth-order valence-electron chi connectivity index (χ4n) is 0.565. The molecule has 0 spiro atoms. The summed E-state index contributed by atoms with van der Waals surface area (Å²) in [5.74, 6) is 0. The maximum Gasteiger partial charge on any atom is 0.310 e. The average molecular weight is 146 g/mol. The van der Waals surface area contributed by atoms with Crippen molar-refractivity contribution in [2.24, 2.45) is 0 Å². The van der Waals surface area contributed by atoms with Crippen molar-refractivity contribution >= 4 is 17.9 Å². The van der Waals surface area contributed by atoms with Gasteiger partial charge >= 0.3 is 5.24 Å². The molecule has 3 heteroatoms. The molecule has 0 atom stereocenters. The van der Waals surface area contributed by atoms with Gasteiger partial charge in [0.1, 0.15) is 0 Å². The maximum absolute atomic E-state index is 10.1. The van der Waals surface area contributed by atoms with Crippen molar-refractivity contribution in [2.75, 3.05) is 6.54 Å². The van der Waals surface area contributed by atoms with Crippen LogP contribution in [-0.2, 0) is 0 Å². The van der Waals surface area contributed by atoms with Gasteiger partial charge in [0.2, 0.25) is 0 Å². The van der Waals surface area contributed by atoms with Crippen LogP contribution in [-0.4, -0.2) is 11.8 Å². The molecule has 0 aliphatic carbocycles. The van der Waals surface area contributed by atoms with E-state index in [2.05, 4.69) is 24.9 Å². The summed E-state index contributed by atoms with van der Waals surface area (Å²) in [5, 5.41) is 2.21. The highest BCUT2D eigenvalue weighted by atomic mass is 32.1. The smallest absolute Gasteiger partial charge is 0.310 e. The van der Waals surface area contributed by atoms with Gasteiger partial charge in [-0.2, -0.15) is 0 Å². The van der Waals surface area contributed by atoms with Crippen LogP contribution in [0.25, 0.3) is 0 Å². The third-order valence-electron chi connectivity index (χ3n) is 1.05. The molecule has 0 aliphatic rings. The Hall–Kier alpha value is -0.310. The lowest BCUT2D eigenvalue weighted by Gasteiger charge is -1.96. The van der Waals surface area contributed by atoms with Crippen molar-refractivity contribution in [3.63, 3.8) is 0 Å². The van der Waals surface area contributed by atoms with Crippen LogP contribution in [0.2, 0.25) is 0 Å². The van der Waals surface area contributed by atoms with Gasteiger partial charge in [-0.1, -0.05) is 19.8 Å². The highest BCUT2D eigenvalue weighted by Gasteiger charge is 1.90. The minimum absolute atomic E-state index is 0.342. The molecule has 1 radical (unpaired) electrons. The van der Waals surface area contributed by atoms with E-state index in [4.69, 9.17) is 0 Å². The van der Waals surface area contributed by atoms with Gasteiger partial charge in [-0.15, -0.1) is 0 Å². The Balaban J connectivity index is 2.83. The van der Waals surface area contributed by atoms with Crippen LogP contribution in [0, 0.1) is 0 Å². The lowest BCUT2D eigenvalue weighted by atomic mass is 10.2. The summed E-state index contributed by atoms with van der Waals surface area (Å²) < 4.78 is 0. The van der Waals surface area contributed by atoms with Gasteiger partial charge in [-0.25, -0.2) is 0 Å². The van der Waals surface area contributed by atoms with Crippen LogP contribution in [0.4, 0.5) is 4.79 Å². The van der Waals surface area contributed by atoms with E-state index in [9.17, 15) is 4.79 Å². The van der Waals surface area contributed by atoms with E-state index < -0.39 is 0 Å². The van der Waals surface area contributed by atoms with Crippen LogP contribution in [0.15, 0.2) is 0 Å². The molecule has 0 aliphatic heterocycles. The summed E-state index contributed by atoms with van der Waals surface area (Å²) in [6.45, 7) is 2.85. The maximum atomic E-state index is 10.1. The number of unbranched alkanes of at least 4 members (excludes halogenated alkanes) is 2.